The molecule has 0 aliphatic carbocycles. The normalized spacial score (nSPS) is 16.9. The van der Waals surface area contributed by atoms with Crippen LogP contribution in [0.3, 0.4) is 0 Å². The highest BCUT2D eigenvalue weighted by atomic mass is 16.2. The van der Waals surface area contributed by atoms with Crippen molar-refractivity contribution in [3.63, 3.8) is 0 Å². The summed E-state index contributed by atoms with van der Waals surface area (Å²) in [4.78, 5) is 30.5. The molecule has 0 bridgehead atoms. The first-order chi connectivity index (χ1) is 14.4. The number of amides is 2. The molecule has 0 spiro atoms. The number of carbonyl (C=O) groups excluding carboxylic acids is 2. The van der Waals surface area contributed by atoms with Gasteiger partial charge in [0.15, 0.2) is 0 Å². The summed E-state index contributed by atoms with van der Waals surface area (Å²) in [5, 5.41) is 0. The van der Waals surface area contributed by atoms with Gasteiger partial charge in [0.25, 0.3) is 5.91 Å². The van der Waals surface area contributed by atoms with E-state index in [-0.39, 0.29) is 18.4 Å². The number of benzene rings is 3. The van der Waals surface area contributed by atoms with Crippen molar-refractivity contribution < 1.29 is 9.59 Å². The number of nitrogens with zero attached hydrogens (tertiary/aromatic N) is 2. The van der Waals surface area contributed by atoms with Crippen LogP contribution < -0.4 is 9.80 Å². The lowest BCUT2D eigenvalue weighted by molar-refractivity contribution is -0.128. The molecule has 3 aromatic carbocycles. The molecule has 4 rings (SSSR count). The third-order valence-electron chi connectivity index (χ3n) is 5.89. The lowest BCUT2D eigenvalue weighted by Crippen LogP contribution is -2.56. The Morgan fingerprint density at radius 1 is 0.767 bits per heavy atom. The molecule has 3 aromatic rings. The van der Waals surface area contributed by atoms with Crippen LogP contribution in [0, 0.1) is 27.7 Å². The quantitative estimate of drug-likeness (QED) is 0.620. The van der Waals surface area contributed by atoms with E-state index in [1.165, 1.54) is 0 Å². The first-order valence-corrected chi connectivity index (χ1v) is 10.2. The monoisotopic (exact) mass is 398 g/mol. The number of hydrogen-bond acceptors (Lipinski definition) is 2. The van der Waals surface area contributed by atoms with Crippen LogP contribution in [0.1, 0.15) is 33.9 Å². The standard InChI is InChI=1S/C26H26N2O2/c1-17-8-12-21(13-9-17)25-26(30)27(23-7-5-6-19(3)20(23)4)16-24(29)28(25)22-14-10-18(2)11-15-22/h5-15,25H,16H2,1-4H3/t25-/m1/s1. The minimum absolute atomic E-state index is 0.0271. The lowest BCUT2D eigenvalue weighted by atomic mass is 9.97. The Bertz CT molecular complexity index is 1100. The van der Waals surface area contributed by atoms with Gasteiger partial charge in [-0.2, -0.15) is 0 Å². The zero-order valence-corrected chi connectivity index (χ0v) is 17.8. The van der Waals surface area contributed by atoms with Crippen LogP contribution in [-0.2, 0) is 9.59 Å². The summed E-state index contributed by atoms with van der Waals surface area (Å²) in [6.07, 6.45) is 0. The van der Waals surface area contributed by atoms with Gasteiger partial charge in [0, 0.05) is 11.4 Å². The van der Waals surface area contributed by atoms with Crippen LogP contribution in [0.15, 0.2) is 66.7 Å². The van der Waals surface area contributed by atoms with Crippen LogP contribution in [0.2, 0.25) is 0 Å². The minimum atomic E-state index is -0.700. The Hall–Kier alpha value is -3.40. The largest absolute Gasteiger partial charge is 0.301 e. The van der Waals surface area contributed by atoms with E-state index in [0.717, 1.165) is 39.2 Å². The van der Waals surface area contributed by atoms with E-state index in [1.807, 2.05) is 94.4 Å². The molecule has 0 saturated carbocycles. The molecule has 4 heteroatoms. The second kappa shape index (κ2) is 7.79. The zero-order valence-electron chi connectivity index (χ0n) is 17.8. The van der Waals surface area contributed by atoms with Crippen molar-refractivity contribution in [3.8, 4) is 0 Å². The molecule has 2 amide bonds. The van der Waals surface area contributed by atoms with E-state index in [0.29, 0.717) is 0 Å². The van der Waals surface area contributed by atoms with Gasteiger partial charge < -0.3 is 4.90 Å². The summed E-state index contributed by atoms with van der Waals surface area (Å²) in [6.45, 7) is 8.06. The predicted octanol–water partition coefficient (Wildman–Crippen LogP) is 5.04. The number of rotatable bonds is 3. The summed E-state index contributed by atoms with van der Waals surface area (Å²) in [5.41, 5.74) is 6.69. The van der Waals surface area contributed by atoms with Gasteiger partial charge in [0.05, 0.1) is 0 Å². The molecular formula is C26H26N2O2. The molecule has 1 saturated heterocycles. The van der Waals surface area contributed by atoms with Gasteiger partial charge in [0.1, 0.15) is 12.6 Å². The fourth-order valence-electron chi connectivity index (χ4n) is 3.96. The second-order valence-electron chi connectivity index (χ2n) is 8.06. The Balaban J connectivity index is 1.84. The van der Waals surface area contributed by atoms with E-state index >= 15 is 0 Å². The Morgan fingerprint density at radius 2 is 1.37 bits per heavy atom. The molecular weight excluding hydrogens is 372 g/mol. The van der Waals surface area contributed by atoms with Gasteiger partial charge in [-0.15, -0.1) is 0 Å². The van der Waals surface area contributed by atoms with Gasteiger partial charge in [-0.1, -0.05) is 59.7 Å². The van der Waals surface area contributed by atoms with Crippen LogP contribution >= 0.6 is 0 Å². The second-order valence-corrected chi connectivity index (χ2v) is 8.06. The Kier molecular flexibility index (Phi) is 5.17. The number of aryl methyl sites for hydroxylation is 3. The fourth-order valence-corrected chi connectivity index (χ4v) is 3.96. The number of hydrogen-bond donors (Lipinski definition) is 0. The maximum Gasteiger partial charge on any atom is 0.255 e. The van der Waals surface area contributed by atoms with Crippen molar-refractivity contribution in [2.24, 2.45) is 0 Å². The van der Waals surface area contributed by atoms with Gasteiger partial charge >= 0.3 is 0 Å². The topological polar surface area (TPSA) is 40.6 Å². The number of carbonyl (C=O) groups is 2. The van der Waals surface area contributed by atoms with Crippen molar-refractivity contribution in [2.75, 3.05) is 16.3 Å². The fraction of sp³-hybridized carbons (Fsp3) is 0.231. The first kappa shape index (κ1) is 19.9. The summed E-state index contributed by atoms with van der Waals surface area (Å²) in [7, 11) is 0. The molecule has 0 aromatic heterocycles. The highest BCUT2D eigenvalue weighted by molar-refractivity contribution is 6.14. The van der Waals surface area contributed by atoms with Gasteiger partial charge in [-0.3, -0.25) is 14.5 Å². The maximum absolute atomic E-state index is 13.8. The summed E-state index contributed by atoms with van der Waals surface area (Å²) < 4.78 is 0. The average molecular weight is 399 g/mol. The zero-order chi connectivity index (χ0) is 21.4. The molecule has 1 heterocycles. The number of piperazine rings is 1. The van der Waals surface area contributed by atoms with Gasteiger partial charge in [-0.05, 0) is 62.6 Å². The molecule has 1 aliphatic heterocycles. The van der Waals surface area contributed by atoms with E-state index in [4.69, 9.17) is 0 Å². The molecule has 152 valence electrons. The molecule has 1 aliphatic rings. The van der Waals surface area contributed by atoms with Crippen molar-refractivity contribution in [3.05, 3.63) is 94.5 Å². The highest BCUT2D eigenvalue weighted by Crippen LogP contribution is 2.36. The summed E-state index contributed by atoms with van der Waals surface area (Å²) in [6, 6.07) is 20.8. The Morgan fingerprint density at radius 3 is 2.00 bits per heavy atom. The SMILES string of the molecule is Cc1ccc([C@@H]2C(=O)N(c3cccc(C)c3C)CC(=O)N2c2ccc(C)cc2)cc1. The predicted molar refractivity (Wildman–Crippen MR) is 121 cm³/mol. The van der Waals surface area contributed by atoms with Crippen LogP contribution in [0.25, 0.3) is 0 Å². The molecule has 1 atom stereocenters. The van der Waals surface area contributed by atoms with Crippen molar-refractivity contribution in [1.82, 2.24) is 0 Å². The van der Waals surface area contributed by atoms with Crippen molar-refractivity contribution in [1.29, 1.82) is 0 Å². The third-order valence-corrected chi connectivity index (χ3v) is 5.89. The molecule has 0 radical (unpaired) electrons. The minimum Gasteiger partial charge on any atom is -0.301 e. The molecule has 0 N–H and O–H groups in total. The number of anilines is 2. The smallest absolute Gasteiger partial charge is 0.255 e. The van der Waals surface area contributed by atoms with Gasteiger partial charge in [-0.25, -0.2) is 0 Å². The Labute approximate surface area is 177 Å². The van der Waals surface area contributed by atoms with Crippen molar-refractivity contribution >= 4 is 23.2 Å². The maximum atomic E-state index is 13.8. The first-order valence-electron chi connectivity index (χ1n) is 10.2. The van der Waals surface area contributed by atoms with E-state index in [2.05, 4.69) is 0 Å². The van der Waals surface area contributed by atoms with E-state index in [9.17, 15) is 9.59 Å². The van der Waals surface area contributed by atoms with E-state index < -0.39 is 6.04 Å². The van der Waals surface area contributed by atoms with Crippen molar-refractivity contribution in [2.45, 2.75) is 33.7 Å². The van der Waals surface area contributed by atoms with Crippen LogP contribution in [0.4, 0.5) is 11.4 Å². The molecule has 1 fully saturated rings. The molecule has 0 unspecified atom stereocenters. The summed E-state index contributed by atoms with van der Waals surface area (Å²) in [5.74, 6) is -0.183. The third kappa shape index (κ3) is 3.50. The molecule has 30 heavy (non-hydrogen) atoms. The highest BCUT2D eigenvalue weighted by Gasteiger charge is 2.42. The van der Waals surface area contributed by atoms with Crippen LogP contribution in [-0.4, -0.2) is 18.4 Å². The summed E-state index contributed by atoms with van der Waals surface area (Å²) >= 11 is 0. The van der Waals surface area contributed by atoms with E-state index in [1.54, 1.807) is 9.80 Å². The lowest BCUT2D eigenvalue weighted by Gasteiger charge is -2.41. The average Bonchev–Trinajstić information content (AvgIpc) is 2.73. The molecule has 4 nitrogen and oxygen atoms in total. The van der Waals surface area contributed by atoms with Gasteiger partial charge in [0.2, 0.25) is 5.91 Å². The van der Waals surface area contributed by atoms with Crippen LogP contribution in [0.5, 0.6) is 0 Å².